The van der Waals surface area contributed by atoms with Gasteiger partial charge in [0.25, 0.3) is 5.56 Å². The van der Waals surface area contributed by atoms with E-state index in [-0.39, 0.29) is 17.8 Å². The van der Waals surface area contributed by atoms with Crippen LogP contribution in [0, 0.1) is 6.92 Å². The van der Waals surface area contributed by atoms with E-state index in [2.05, 4.69) is 44.0 Å². The van der Waals surface area contributed by atoms with Crippen molar-refractivity contribution in [1.29, 1.82) is 0 Å². The van der Waals surface area contributed by atoms with Crippen molar-refractivity contribution in [3.63, 3.8) is 0 Å². The van der Waals surface area contributed by atoms with Crippen LogP contribution in [0.25, 0.3) is 22.0 Å². The third-order valence-corrected chi connectivity index (χ3v) is 5.74. The monoisotopic (exact) mass is 400 g/mol. The van der Waals surface area contributed by atoms with E-state index in [1.54, 1.807) is 10.6 Å². The normalized spacial score (nSPS) is 19.1. The van der Waals surface area contributed by atoms with Crippen molar-refractivity contribution < 1.29 is 4.74 Å². The number of anilines is 1. The highest BCUT2D eigenvalue weighted by molar-refractivity contribution is 5.97. The summed E-state index contributed by atoms with van der Waals surface area (Å²) in [6.45, 7) is 15.9. The second kappa shape index (κ2) is 7.96. The van der Waals surface area contributed by atoms with E-state index in [1.807, 2.05) is 43.5 Å². The molecule has 2 aromatic carbocycles. The summed E-state index contributed by atoms with van der Waals surface area (Å²) < 4.78 is 7.56. The number of rotatable bonds is 4. The topological polar surface area (TPSA) is 34.5 Å². The predicted octanol–water partition coefficient (Wildman–Crippen LogP) is 5.11. The lowest BCUT2D eigenvalue weighted by Gasteiger charge is -2.36. The van der Waals surface area contributed by atoms with Gasteiger partial charge in [-0.25, -0.2) is 0 Å². The first-order valence-corrected chi connectivity index (χ1v) is 10.4. The highest BCUT2D eigenvalue weighted by atomic mass is 16.5. The fourth-order valence-corrected chi connectivity index (χ4v) is 4.38. The molecule has 0 spiro atoms. The van der Waals surface area contributed by atoms with Gasteiger partial charge in [0, 0.05) is 36.0 Å². The van der Waals surface area contributed by atoms with Crippen molar-refractivity contribution in [1.82, 2.24) is 4.57 Å². The van der Waals surface area contributed by atoms with Crippen molar-refractivity contribution >= 4 is 22.0 Å². The lowest BCUT2D eigenvalue weighted by Crippen LogP contribution is -2.45. The molecule has 1 fully saturated rings. The molecule has 1 aliphatic heterocycles. The molecular weight excluding hydrogens is 372 g/mol. The Kier molecular flexibility index (Phi) is 5.35. The molecule has 1 saturated heterocycles. The molecule has 0 radical (unpaired) electrons. The Bertz CT molecular complexity index is 1160. The van der Waals surface area contributed by atoms with Crippen LogP contribution in [0.5, 0.6) is 0 Å². The third kappa shape index (κ3) is 3.59. The van der Waals surface area contributed by atoms with Gasteiger partial charge in [-0.2, -0.15) is 0 Å². The van der Waals surface area contributed by atoms with Crippen LogP contribution in [-0.2, 0) is 4.74 Å². The molecule has 1 aromatic heterocycles. The molecule has 2 unspecified atom stereocenters. The molecule has 2 heterocycles. The van der Waals surface area contributed by atoms with Crippen LogP contribution in [0.3, 0.4) is 0 Å². The minimum absolute atomic E-state index is 0.0318. The number of aromatic nitrogens is 1. The predicted molar refractivity (Wildman–Crippen MR) is 126 cm³/mol. The SMILES string of the molecule is C=CC(=C)c1cccc2c(=O)n(-c3ccc(N4CC(C)OC(C)C4)cc3)cc(C)c12. The average molecular weight is 401 g/mol. The van der Waals surface area contributed by atoms with Crippen molar-refractivity contribution in [3.05, 3.63) is 89.4 Å². The van der Waals surface area contributed by atoms with Gasteiger partial charge in [-0.3, -0.25) is 9.36 Å². The smallest absolute Gasteiger partial charge is 0.262 e. The number of nitrogens with zero attached hydrogens (tertiary/aromatic N) is 2. The van der Waals surface area contributed by atoms with E-state index in [0.29, 0.717) is 5.39 Å². The number of aryl methyl sites for hydroxylation is 1. The number of morpholine rings is 1. The molecule has 154 valence electrons. The maximum absolute atomic E-state index is 13.3. The summed E-state index contributed by atoms with van der Waals surface area (Å²) >= 11 is 0. The van der Waals surface area contributed by atoms with Gasteiger partial charge in [0.1, 0.15) is 0 Å². The lowest BCUT2D eigenvalue weighted by atomic mass is 9.97. The zero-order chi connectivity index (χ0) is 21.4. The van der Waals surface area contributed by atoms with Crippen LogP contribution < -0.4 is 10.5 Å². The van der Waals surface area contributed by atoms with E-state index in [9.17, 15) is 4.79 Å². The minimum Gasteiger partial charge on any atom is -0.372 e. The molecule has 0 bridgehead atoms. The maximum atomic E-state index is 13.3. The van der Waals surface area contributed by atoms with Crippen LogP contribution in [0.15, 0.2) is 72.7 Å². The van der Waals surface area contributed by atoms with Crippen molar-refractivity contribution in [2.45, 2.75) is 33.0 Å². The standard InChI is InChI=1S/C26H28N2O2/c1-6-17(2)23-8-7-9-24-25(23)18(3)14-28(26(24)29)22-12-10-21(11-13-22)27-15-19(4)30-20(5)16-27/h6-14,19-20H,1-2,15-16H2,3-5H3. The molecule has 30 heavy (non-hydrogen) atoms. The van der Waals surface area contributed by atoms with Gasteiger partial charge in [-0.15, -0.1) is 0 Å². The van der Waals surface area contributed by atoms with Crippen LogP contribution in [-0.4, -0.2) is 29.9 Å². The summed E-state index contributed by atoms with van der Waals surface area (Å²) in [7, 11) is 0. The average Bonchev–Trinajstić information content (AvgIpc) is 2.74. The third-order valence-electron chi connectivity index (χ3n) is 5.74. The van der Waals surface area contributed by atoms with Gasteiger partial charge >= 0.3 is 0 Å². The summed E-state index contributed by atoms with van der Waals surface area (Å²) in [5.74, 6) is 0. The molecule has 2 atom stereocenters. The Balaban J connectivity index is 1.75. The Morgan fingerprint density at radius 1 is 1.07 bits per heavy atom. The first kappa shape index (κ1) is 20.2. The molecule has 0 aliphatic carbocycles. The summed E-state index contributed by atoms with van der Waals surface area (Å²) in [5, 5.41) is 1.63. The van der Waals surface area contributed by atoms with Crippen LogP contribution in [0.4, 0.5) is 5.69 Å². The highest BCUT2D eigenvalue weighted by Gasteiger charge is 2.22. The Morgan fingerprint density at radius 2 is 1.70 bits per heavy atom. The number of hydrogen-bond donors (Lipinski definition) is 0. The maximum Gasteiger partial charge on any atom is 0.262 e. The summed E-state index contributed by atoms with van der Waals surface area (Å²) in [6, 6.07) is 14.0. The Labute approximate surface area is 177 Å². The molecule has 4 heteroatoms. The molecule has 4 nitrogen and oxygen atoms in total. The second-order valence-corrected chi connectivity index (χ2v) is 8.12. The van der Waals surface area contributed by atoms with E-state index in [4.69, 9.17) is 4.74 Å². The lowest BCUT2D eigenvalue weighted by molar-refractivity contribution is -0.00521. The van der Waals surface area contributed by atoms with E-state index < -0.39 is 0 Å². The second-order valence-electron chi connectivity index (χ2n) is 8.12. The van der Waals surface area contributed by atoms with Gasteiger partial charge in [0.05, 0.1) is 12.2 Å². The van der Waals surface area contributed by atoms with Crippen LogP contribution >= 0.6 is 0 Å². The largest absolute Gasteiger partial charge is 0.372 e. The van der Waals surface area contributed by atoms with Gasteiger partial charge in [-0.1, -0.05) is 31.4 Å². The summed E-state index contributed by atoms with van der Waals surface area (Å²) in [5.41, 5.74) is 4.78. The number of allylic oxidation sites excluding steroid dienone is 2. The number of fused-ring (bicyclic) bond motifs is 1. The number of benzene rings is 2. The number of ether oxygens (including phenoxy) is 1. The molecule has 3 aromatic rings. The first-order valence-electron chi connectivity index (χ1n) is 10.4. The van der Waals surface area contributed by atoms with Gasteiger partial charge < -0.3 is 9.64 Å². The quantitative estimate of drug-likeness (QED) is 0.571. The first-order chi connectivity index (χ1) is 14.4. The highest BCUT2D eigenvalue weighted by Crippen LogP contribution is 2.27. The molecule has 0 N–H and O–H groups in total. The van der Waals surface area contributed by atoms with Gasteiger partial charge in [-0.05, 0) is 73.2 Å². The number of pyridine rings is 1. The molecule has 0 amide bonds. The van der Waals surface area contributed by atoms with E-state index >= 15 is 0 Å². The summed E-state index contributed by atoms with van der Waals surface area (Å²) in [4.78, 5) is 15.6. The molecular formula is C26H28N2O2. The Morgan fingerprint density at radius 3 is 2.33 bits per heavy atom. The van der Waals surface area contributed by atoms with E-state index in [0.717, 1.165) is 46.6 Å². The zero-order valence-electron chi connectivity index (χ0n) is 17.9. The summed E-state index contributed by atoms with van der Waals surface area (Å²) in [6.07, 6.45) is 4.06. The fraction of sp³-hybridized carbons (Fsp3) is 0.269. The van der Waals surface area contributed by atoms with Crippen molar-refractivity contribution in [2.75, 3.05) is 18.0 Å². The zero-order valence-corrected chi connectivity index (χ0v) is 17.9. The van der Waals surface area contributed by atoms with Crippen LogP contribution in [0.1, 0.15) is 25.0 Å². The van der Waals surface area contributed by atoms with Crippen molar-refractivity contribution in [3.8, 4) is 5.69 Å². The number of hydrogen-bond acceptors (Lipinski definition) is 3. The Hall–Kier alpha value is -3.11. The fourth-order valence-electron chi connectivity index (χ4n) is 4.38. The van der Waals surface area contributed by atoms with Crippen molar-refractivity contribution in [2.24, 2.45) is 0 Å². The molecule has 4 rings (SSSR count). The van der Waals surface area contributed by atoms with Gasteiger partial charge in [0.2, 0.25) is 0 Å². The minimum atomic E-state index is -0.0318. The molecule has 1 aliphatic rings. The van der Waals surface area contributed by atoms with E-state index in [1.165, 1.54) is 0 Å². The van der Waals surface area contributed by atoms with Gasteiger partial charge in [0.15, 0.2) is 0 Å². The van der Waals surface area contributed by atoms with Crippen LogP contribution in [0.2, 0.25) is 0 Å². The molecule has 0 saturated carbocycles.